The molecule has 2 aromatic rings. The lowest BCUT2D eigenvalue weighted by Crippen LogP contribution is -2.19. The molecule has 7 heteroatoms. The van der Waals surface area contributed by atoms with Gasteiger partial charge in [-0.3, -0.25) is 24.5 Å². The smallest absolute Gasteiger partial charge is 0.308 e. The lowest BCUT2D eigenvalue weighted by molar-refractivity contribution is -0.131. The number of anilines is 1. The zero-order valence-electron chi connectivity index (χ0n) is 12.6. The molecule has 2 aromatic carbocycles. The molecular formula is C17H12N2O5. The molecule has 0 bridgehead atoms. The maximum atomic E-state index is 12.2. The van der Waals surface area contributed by atoms with Crippen molar-refractivity contribution >= 4 is 29.4 Å². The van der Waals surface area contributed by atoms with E-state index < -0.39 is 23.7 Å². The minimum absolute atomic E-state index is 0.225. The van der Waals surface area contributed by atoms with Crippen molar-refractivity contribution in [3.8, 4) is 5.75 Å². The summed E-state index contributed by atoms with van der Waals surface area (Å²) in [4.78, 5) is 46.2. The molecular weight excluding hydrogens is 312 g/mol. The van der Waals surface area contributed by atoms with Crippen LogP contribution in [0.1, 0.15) is 38.0 Å². The molecule has 0 spiro atoms. The first kappa shape index (κ1) is 15.4. The largest absolute Gasteiger partial charge is 0.427 e. The van der Waals surface area contributed by atoms with Gasteiger partial charge in [-0.2, -0.15) is 0 Å². The normalized spacial score (nSPS) is 12.4. The summed E-state index contributed by atoms with van der Waals surface area (Å²) >= 11 is 0. The van der Waals surface area contributed by atoms with Crippen LogP contribution in [0.2, 0.25) is 0 Å². The van der Waals surface area contributed by atoms with Gasteiger partial charge in [0, 0.05) is 18.2 Å². The summed E-state index contributed by atoms with van der Waals surface area (Å²) < 4.78 is 4.89. The Bertz CT molecular complexity index is 871. The Labute approximate surface area is 136 Å². The number of carbonyl (C=O) groups excluding carboxylic acids is 4. The average molecular weight is 324 g/mol. The highest BCUT2D eigenvalue weighted by Crippen LogP contribution is 2.21. The highest BCUT2D eigenvalue weighted by molar-refractivity contribution is 6.22. The van der Waals surface area contributed by atoms with Gasteiger partial charge in [0.1, 0.15) is 5.75 Å². The summed E-state index contributed by atoms with van der Waals surface area (Å²) in [5, 5.41) is 4.83. The maximum Gasteiger partial charge on any atom is 0.308 e. The van der Waals surface area contributed by atoms with E-state index in [9.17, 15) is 19.2 Å². The molecule has 7 nitrogen and oxygen atoms in total. The van der Waals surface area contributed by atoms with Gasteiger partial charge < -0.3 is 10.1 Å². The Morgan fingerprint density at radius 2 is 1.62 bits per heavy atom. The van der Waals surface area contributed by atoms with Crippen molar-refractivity contribution in [3.05, 3.63) is 59.2 Å². The third kappa shape index (κ3) is 3.00. The molecule has 0 unspecified atom stereocenters. The van der Waals surface area contributed by atoms with Crippen LogP contribution < -0.4 is 15.4 Å². The summed E-state index contributed by atoms with van der Waals surface area (Å²) in [6.07, 6.45) is 0. The van der Waals surface area contributed by atoms with E-state index in [4.69, 9.17) is 4.74 Å². The third-order valence-electron chi connectivity index (χ3n) is 3.37. The van der Waals surface area contributed by atoms with Gasteiger partial charge in [-0.15, -0.1) is 0 Å². The van der Waals surface area contributed by atoms with Gasteiger partial charge in [0.2, 0.25) is 0 Å². The van der Waals surface area contributed by atoms with E-state index in [1.807, 2.05) is 0 Å². The van der Waals surface area contributed by atoms with E-state index in [1.54, 1.807) is 6.07 Å². The fraction of sp³-hybridized carbons (Fsp3) is 0.0588. The molecule has 0 aromatic heterocycles. The van der Waals surface area contributed by atoms with Gasteiger partial charge in [-0.25, -0.2) is 0 Å². The van der Waals surface area contributed by atoms with Gasteiger partial charge in [0.25, 0.3) is 17.7 Å². The van der Waals surface area contributed by atoms with E-state index in [0.29, 0.717) is 17.0 Å². The minimum Gasteiger partial charge on any atom is -0.427 e. The Balaban J connectivity index is 1.76. The van der Waals surface area contributed by atoms with Crippen LogP contribution in [0.15, 0.2) is 42.5 Å². The zero-order valence-corrected chi connectivity index (χ0v) is 12.6. The van der Waals surface area contributed by atoms with Crippen LogP contribution in [-0.4, -0.2) is 23.7 Å². The standard InChI is InChI=1S/C17H12N2O5/c1-9(20)24-12-5-2-10(3-6-12)15(21)18-11-4-7-13-14(8-11)17(23)19-16(13)22/h2-8H,1H3,(H,18,21)(H,19,22,23). The summed E-state index contributed by atoms with van der Waals surface area (Å²) in [5.74, 6) is -1.44. The van der Waals surface area contributed by atoms with Crippen LogP contribution in [0, 0.1) is 0 Å². The van der Waals surface area contributed by atoms with Crippen molar-refractivity contribution < 1.29 is 23.9 Å². The average Bonchev–Trinajstić information content (AvgIpc) is 2.82. The minimum atomic E-state index is -0.489. The van der Waals surface area contributed by atoms with Crippen molar-refractivity contribution in [2.45, 2.75) is 6.92 Å². The zero-order chi connectivity index (χ0) is 17.3. The fourth-order valence-corrected chi connectivity index (χ4v) is 2.29. The van der Waals surface area contributed by atoms with E-state index in [1.165, 1.54) is 43.3 Å². The third-order valence-corrected chi connectivity index (χ3v) is 3.37. The van der Waals surface area contributed by atoms with Crippen molar-refractivity contribution in [1.82, 2.24) is 5.32 Å². The van der Waals surface area contributed by atoms with E-state index >= 15 is 0 Å². The second-order valence-corrected chi connectivity index (χ2v) is 5.12. The van der Waals surface area contributed by atoms with Gasteiger partial charge in [-0.05, 0) is 42.5 Å². The molecule has 1 aliphatic heterocycles. The highest BCUT2D eigenvalue weighted by atomic mass is 16.5. The Morgan fingerprint density at radius 1 is 0.958 bits per heavy atom. The van der Waals surface area contributed by atoms with Crippen LogP contribution in [0.25, 0.3) is 0 Å². The number of nitrogens with one attached hydrogen (secondary N) is 2. The van der Waals surface area contributed by atoms with E-state index in [-0.39, 0.29) is 11.1 Å². The molecule has 0 saturated heterocycles. The number of hydrogen-bond donors (Lipinski definition) is 2. The van der Waals surface area contributed by atoms with Gasteiger partial charge in [-0.1, -0.05) is 0 Å². The lowest BCUT2D eigenvalue weighted by atomic mass is 10.1. The van der Waals surface area contributed by atoms with Gasteiger partial charge in [0.15, 0.2) is 0 Å². The van der Waals surface area contributed by atoms with E-state index in [2.05, 4.69) is 10.6 Å². The molecule has 0 atom stereocenters. The Kier molecular flexibility index (Phi) is 3.83. The number of carbonyl (C=O) groups is 4. The summed E-state index contributed by atoms with van der Waals surface area (Å²) in [7, 11) is 0. The molecule has 24 heavy (non-hydrogen) atoms. The lowest BCUT2D eigenvalue weighted by Gasteiger charge is -2.07. The number of imide groups is 1. The number of ether oxygens (including phenoxy) is 1. The second kappa shape index (κ2) is 5.96. The Hall–Kier alpha value is -3.48. The van der Waals surface area contributed by atoms with Crippen molar-refractivity contribution in [1.29, 1.82) is 0 Å². The fourth-order valence-electron chi connectivity index (χ4n) is 2.29. The molecule has 2 N–H and O–H groups in total. The van der Waals surface area contributed by atoms with Crippen LogP contribution in [0.4, 0.5) is 5.69 Å². The SMILES string of the molecule is CC(=O)Oc1ccc(C(=O)Nc2ccc3c(c2)C(=O)NC3=O)cc1. The summed E-state index contributed by atoms with van der Waals surface area (Å²) in [6, 6.07) is 10.5. The highest BCUT2D eigenvalue weighted by Gasteiger charge is 2.26. The summed E-state index contributed by atoms with van der Waals surface area (Å²) in [6.45, 7) is 1.29. The number of hydrogen-bond acceptors (Lipinski definition) is 5. The number of rotatable bonds is 3. The quantitative estimate of drug-likeness (QED) is 0.509. The number of amides is 3. The number of benzene rings is 2. The maximum absolute atomic E-state index is 12.2. The molecule has 0 aliphatic carbocycles. The van der Waals surface area contributed by atoms with Crippen LogP contribution in [0.5, 0.6) is 5.75 Å². The molecule has 1 aliphatic rings. The van der Waals surface area contributed by atoms with Gasteiger partial charge in [0.05, 0.1) is 11.1 Å². The van der Waals surface area contributed by atoms with Gasteiger partial charge >= 0.3 is 5.97 Å². The second-order valence-electron chi connectivity index (χ2n) is 5.12. The molecule has 120 valence electrons. The van der Waals surface area contributed by atoms with Crippen LogP contribution in [0.3, 0.4) is 0 Å². The first-order valence-electron chi connectivity index (χ1n) is 7.03. The summed E-state index contributed by atoms with van der Waals surface area (Å²) in [5.41, 5.74) is 1.26. The molecule has 3 amide bonds. The van der Waals surface area contributed by atoms with E-state index in [0.717, 1.165) is 0 Å². The first-order valence-corrected chi connectivity index (χ1v) is 7.03. The van der Waals surface area contributed by atoms with Crippen molar-refractivity contribution in [3.63, 3.8) is 0 Å². The molecule has 3 rings (SSSR count). The number of fused-ring (bicyclic) bond motifs is 1. The molecule has 0 radical (unpaired) electrons. The molecule has 1 heterocycles. The molecule has 0 fully saturated rings. The predicted octanol–water partition coefficient (Wildman–Crippen LogP) is 1.75. The van der Waals surface area contributed by atoms with Crippen molar-refractivity contribution in [2.24, 2.45) is 0 Å². The first-order chi connectivity index (χ1) is 11.4. The van der Waals surface area contributed by atoms with Crippen molar-refractivity contribution in [2.75, 3.05) is 5.32 Å². The van der Waals surface area contributed by atoms with Crippen LogP contribution in [-0.2, 0) is 4.79 Å². The monoisotopic (exact) mass is 324 g/mol. The topological polar surface area (TPSA) is 102 Å². The Morgan fingerprint density at radius 3 is 2.29 bits per heavy atom. The van der Waals surface area contributed by atoms with Crippen LogP contribution >= 0.6 is 0 Å². The molecule has 0 saturated carbocycles. The predicted molar refractivity (Wildman–Crippen MR) is 83.9 cm³/mol. The number of esters is 1.